The van der Waals surface area contributed by atoms with Crippen LogP contribution in [-0.2, 0) is 44.1 Å². The molecule has 5 aromatic rings. The van der Waals surface area contributed by atoms with Crippen LogP contribution in [0.5, 0.6) is 0 Å². The number of guanidine groups is 1. The van der Waals surface area contributed by atoms with Crippen molar-refractivity contribution >= 4 is 17.3 Å². The van der Waals surface area contributed by atoms with Crippen molar-refractivity contribution in [1.82, 2.24) is 0 Å². The Balaban J connectivity index is 1.60. The van der Waals surface area contributed by atoms with Gasteiger partial charge in [0.25, 0.3) is 0 Å². The van der Waals surface area contributed by atoms with Gasteiger partial charge in [-0.05, 0) is 0 Å². The van der Waals surface area contributed by atoms with Gasteiger partial charge in [0, 0.05) is 0 Å². The zero-order chi connectivity index (χ0) is 31.9. The number of benzene rings is 5. The van der Waals surface area contributed by atoms with Gasteiger partial charge in [-0.15, -0.1) is 0 Å². The van der Waals surface area contributed by atoms with Gasteiger partial charge in [-0.3, -0.25) is 0 Å². The van der Waals surface area contributed by atoms with Crippen molar-refractivity contribution in [2.45, 2.75) is 39.9 Å². The van der Waals surface area contributed by atoms with Crippen molar-refractivity contribution in [3.8, 4) is 0 Å². The summed E-state index contributed by atoms with van der Waals surface area (Å²) in [6, 6.07) is 46.6. The molecule has 0 aliphatic carbocycles. The first-order valence-corrected chi connectivity index (χ1v) is 25.6. The maximum absolute atomic E-state index is 6.26. The summed E-state index contributed by atoms with van der Waals surface area (Å²) in [4.78, 5) is 5.02. The zero-order valence-electron chi connectivity index (χ0n) is 27.6. The summed E-state index contributed by atoms with van der Waals surface area (Å²) in [5.74, 6) is 1.10. The second kappa shape index (κ2) is 14.7. The first kappa shape index (κ1) is 32.2. The first-order chi connectivity index (χ1) is 22.4. The summed E-state index contributed by atoms with van der Waals surface area (Å²) in [5, 5.41) is 0. The number of para-hydroxylation sites is 1. The van der Waals surface area contributed by atoms with Crippen LogP contribution in [0.15, 0.2) is 130 Å². The molecule has 0 atom stereocenters. The van der Waals surface area contributed by atoms with Crippen LogP contribution in [-0.4, -0.2) is 26.2 Å². The van der Waals surface area contributed by atoms with E-state index in [2.05, 4.69) is 158 Å². The minimum atomic E-state index is -3.79. The predicted octanol–water partition coefficient (Wildman–Crippen LogP) is 9.11. The van der Waals surface area contributed by atoms with Crippen LogP contribution in [0.2, 0.25) is 0 Å². The van der Waals surface area contributed by atoms with Crippen LogP contribution < -0.4 is 9.80 Å². The molecule has 0 aromatic heterocycles. The van der Waals surface area contributed by atoms with Gasteiger partial charge in [-0.2, -0.15) is 0 Å². The van der Waals surface area contributed by atoms with Crippen molar-refractivity contribution in [1.29, 1.82) is 0 Å². The summed E-state index contributed by atoms with van der Waals surface area (Å²) in [6.45, 7) is 9.02. The Morgan fingerprint density at radius 2 is 1.07 bits per heavy atom. The molecule has 6 rings (SSSR count). The normalized spacial score (nSPS) is 14.3. The molecule has 1 saturated heterocycles. The molecule has 0 N–H and O–H groups in total. The van der Waals surface area contributed by atoms with E-state index >= 15 is 0 Å². The Morgan fingerprint density at radius 1 is 0.609 bits per heavy atom. The number of nitrogens with zero attached hydrogens (tertiary/aromatic N) is 3. The average molecular weight is 774 g/mol. The molecular weight excluding hydrogens is 729 g/mol. The SMILES string of the molecule is COCc1ccccc1N1CCN(c2c(C)cc(C)cc2C)/C1=[N]\[Hf]([CH2]c1ccccc1)([CH2]c1ccccc1)[CH2]c1ccccc1. The van der Waals surface area contributed by atoms with E-state index in [1.807, 2.05) is 0 Å². The van der Waals surface area contributed by atoms with E-state index < -0.39 is 20.3 Å². The Bertz CT molecular complexity index is 1650. The van der Waals surface area contributed by atoms with E-state index in [1.54, 1.807) is 7.11 Å². The molecule has 46 heavy (non-hydrogen) atoms. The second-order valence-corrected chi connectivity index (χ2v) is 26.1. The molecule has 0 unspecified atom stereocenters. The Hall–Kier alpha value is -3.80. The number of rotatable bonds is 11. The van der Waals surface area contributed by atoms with E-state index in [1.165, 1.54) is 50.3 Å². The third-order valence-corrected chi connectivity index (χ3v) is 22.9. The van der Waals surface area contributed by atoms with E-state index in [0.717, 1.165) is 31.6 Å². The molecule has 5 heteroatoms. The maximum atomic E-state index is 6.26. The van der Waals surface area contributed by atoms with Crippen LogP contribution in [0.4, 0.5) is 11.4 Å². The van der Waals surface area contributed by atoms with Crippen LogP contribution in [0.1, 0.15) is 38.9 Å². The predicted molar refractivity (Wildman–Crippen MR) is 190 cm³/mol. The molecule has 1 fully saturated rings. The fraction of sp³-hybridized carbons (Fsp3) is 0.244. The Kier molecular flexibility index (Phi) is 10.3. The first-order valence-electron chi connectivity index (χ1n) is 16.4. The number of aryl methyl sites for hydroxylation is 3. The van der Waals surface area contributed by atoms with Crippen LogP contribution in [0.3, 0.4) is 0 Å². The molecule has 234 valence electrons. The van der Waals surface area contributed by atoms with Gasteiger partial charge in [0.05, 0.1) is 0 Å². The van der Waals surface area contributed by atoms with E-state index in [-0.39, 0.29) is 0 Å². The molecule has 4 nitrogen and oxygen atoms in total. The molecule has 1 aliphatic heterocycles. The third kappa shape index (κ3) is 7.43. The van der Waals surface area contributed by atoms with Gasteiger partial charge in [0.15, 0.2) is 0 Å². The van der Waals surface area contributed by atoms with Gasteiger partial charge >= 0.3 is 282 Å². The third-order valence-electron chi connectivity index (χ3n) is 8.98. The van der Waals surface area contributed by atoms with E-state index in [0.29, 0.717) is 6.61 Å². The molecule has 0 bridgehead atoms. The quantitative estimate of drug-likeness (QED) is 0.126. The molecule has 0 amide bonds. The summed E-state index contributed by atoms with van der Waals surface area (Å²) >= 11 is -3.79. The van der Waals surface area contributed by atoms with Gasteiger partial charge in [0.1, 0.15) is 0 Å². The topological polar surface area (TPSA) is 28.1 Å². The van der Waals surface area contributed by atoms with Crippen LogP contribution >= 0.6 is 0 Å². The molecule has 0 saturated carbocycles. The van der Waals surface area contributed by atoms with Gasteiger partial charge in [-0.1, -0.05) is 0 Å². The van der Waals surface area contributed by atoms with Gasteiger partial charge in [0.2, 0.25) is 0 Å². The standard InChI is InChI=1S/C20H24N3O.3C7H7.Hf/c1-14-11-15(2)19(16(3)12-14)23-10-9-22(20(23)21)18-8-6-5-7-17(18)13-24-4;3*1-7-5-3-2-4-6-7;/h5-8,11-12H,9-10,13H2,1-4H3;3*2-6H,1H2;/q-1;;;;+1. The van der Waals surface area contributed by atoms with Crippen molar-refractivity contribution in [3.63, 3.8) is 0 Å². The number of ether oxygens (including phenoxy) is 1. The zero-order valence-corrected chi connectivity index (χ0v) is 31.2. The molecule has 5 aromatic carbocycles. The number of hydrogen-bond acceptors (Lipinski definition) is 2. The van der Waals surface area contributed by atoms with Crippen LogP contribution in [0, 0.1) is 20.8 Å². The molecule has 0 spiro atoms. The molecule has 1 heterocycles. The summed E-state index contributed by atoms with van der Waals surface area (Å²) in [7, 11) is 1.78. The van der Waals surface area contributed by atoms with Crippen LogP contribution in [0.25, 0.3) is 0 Å². The van der Waals surface area contributed by atoms with Crippen molar-refractivity contribution in [2.24, 2.45) is 2.98 Å². The average Bonchev–Trinajstić information content (AvgIpc) is 3.44. The molecular formula is C41H45HfN3O. The Morgan fingerprint density at radius 3 is 1.57 bits per heavy atom. The van der Waals surface area contributed by atoms with Gasteiger partial charge < -0.3 is 0 Å². The van der Waals surface area contributed by atoms with E-state index in [4.69, 9.17) is 7.72 Å². The van der Waals surface area contributed by atoms with Gasteiger partial charge in [-0.25, -0.2) is 0 Å². The number of hydrogen-bond donors (Lipinski definition) is 0. The monoisotopic (exact) mass is 775 g/mol. The van der Waals surface area contributed by atoms with Crippen molar-refractivity contribution < 1.29 is 25.0 Å². The Labute approximate surface area is 280 Å². The van der Waals surface area contributed by atoms with Crippen molar-refractivity contribution in [3.05, 3.63) is 166 Å². The summed E-state index contributed by atoms with van der Waals surface area (Å²) < 4.78 is 15.1. The summed E-state index contributed by atoms with van der Waals surface area (Å²) in [5.41, 5.74) is 11.7. The fourth-order valence-corrected chi connectivity index (χ4v) is 22.5. The molecule has 1 aliphatic rings. The van der Waals surface area contributed by atoms with E-state index in [9.17, 15) is 0 Å². The summed E-state index contributed by atoms with van der Waals surface area (Å²) in [6.07, 6.45) is 0. The second-order valence-electron chi connectivity index (χ2n) is 12.7. The van der Waals surface area contributed by atoms with Crippen molar-refractivity contribution in [2.75, 3.05) is 30.0 Å². The molecule has 0 radical (unpaired) electrons. The number of methoxy groups -OCH3 is 1. The minimum absolute atomic E-state index is 0.565. The fourth-order valence-electron chi connectivity index (χ4n) is 7.20. The number of anilines is 2.